The Morgan fingerprint density at radius 3 is 2.67 bits per heavy atom. The summed E-state index contributed by atoms with van der Waals surface area (Å²) in [5.41, 5.74) is 9.96. The summed E-state index contributed by atoms with van der Waals surface area (Å²) in [6, 6.07) is 16.7. The molecule has 5 aromatic rings. The number of benzene rings is 3. The van der Waals surface area contributed by atoms with Crippen LogP contribution in [0, 0.1) is 6.92 Å². The van der Waals surface area contributed by atoms with Crippen molar-refractivity contribution in [2.45, 2.75) is 70.9 Å². The molecule has 1 unspecified atom stereocenters. The third-order valence-corrected chi connectivity index (χ3v) is 9.39. The number of imidazole rings is 1. The number of amides is 1. The number of aromatic nitrogens is 5. The van der Waals surface area contributed by atoms with E-state index in [4.69, 9.17) is 4.98 Å². The van der Waals surface area contributed by atoms with E-state index in [1.165, 1.54) is 11.1 Å². The molecule has 5 heterocycles. The number of carbonyl (C=O) groups excluding carboxylic acids is 1. The highest BCUT2D eigenvalue weighted by atomic mass is 16.4. The van der Waals surface area contributed by atoms with Gasteiger partial charge < -0.3 is 14.6 Å². The van der Waals surface area contributed by atoms with Gasteiger partial charge >= 0.3 is 5.97 Å². The van der Waals surface area contributed by atoms with Crippen LogP contribution in [0.15, 0.2) is 48.5 Å². The molecule has 10 bridgehead atoms. The summed E-state index contributed by atoms with van der Waals surface area (Å²) in [5, 5.41) is 18.9. The topological polar surface area (TPSA) is 106 Å². The van der Waals surface area contributed by atoms with E-state index in [0.717, 1.165) is 89.4 Å². The van der Waals surface area contributed by atoms with E-state index in [9.17, 15) is 14.7 Å². The quantitative estimate of drug-likeness (QED) is 0.296. The number of hydrogen-bond donors (Lipinski definition) is 1. The Bertz CT molecular complexity index is 1890. The molecule has 0 spiro atoms. The van der Waals surface area contributed by atoms with Crippen molar-refractivity contribution in [2.75, 3.05) is 6.54 Å². The Balaban J connectivity index is 1.31. The normalized spacial score (nSPS) is 17.7. The first kappa shape index (κ1) is 27.3. The molecule has 1 atom stereocenters. The van der Waals surface area contributed by atoms with E-state index >= 15 is 0 Å². The van der Waals surface area contributed by atoms with Gasteiger partial charge in [0.1, 0.15) is 5.52 Å². The zero-order chi connectivity index (χ0) is 29.7. The Hall–Kier alpha value is -4.53. The van der Waals surface area contributed by atoms with Crippen LogP contribution in [0.5, 0.6) is 0 Å². The number of carboxylic acids is 1. The molecule has 2 aromatic heterocycles. The molecule has 0 aliphatic carbocycles. The monoisotopic (exact) mass is 576 g/mol. The molecule has 0 fully saturated rings. The summed E-state index contributed by atoms with van der Waals surface area (Å²) in [6.45, 7) is 3.89. The first-order chi connectivity index (χ1) is 20.9. The Labute approximate surface area is 250 Å². The highest BCUT2D eigenvalue weighted by Crippen LogP contribution is 2.35. The summed E-state index contributed by atoms with van der Waals surface area (Å²) < 4.78 is 3.91. The first-order valence-corrected chi connectivity index (χ1v) is 15.3. The smallest absolute Gasteiger partial charge is 0.304 e. The van der Waals surface area contributed by atoms with Gasteiger partial charge in [0.15, 0.2) is 5.82 Å². The number of aryl methyl sites for hydroxylation is 4. The summed E-state index contributed by atoms with van der Waals surface area (Å²) >= 11 is 0. The highest BCUT2D eigenvalue weighted by Gasteiger charge is 2.28. The van der Waals surface area contributed by atoms with E-state index in [-0.39, 0.29) is 18.2 Å². The number of aliphatic carboxylic acids is 1. The Morgan fingerprint density at radius 2 is 1.81 bits per heavy atom. The lowest BCUT2D eigenvalue weighted by atomic mass is 9.83. The van der Waals surface area contributed by atoms with Crippen molar-refractivity contribution in [3.05, 3.63) is 87.7 Å². The molecule has 3 aromatic carbocycles. The van der Waals surface area contributed by atoms with Gasteiger partial charge in [0.2, 0.25) is 0 Å². The predicted molar refractivity (Wildman–Crippen MR) is 164 cm³/mol. The van der Waals surface area contributed by atoms with Crippen LogP contribution in [0.25, 0.3) is 22.1 Å². The molecule has 0 saturated heterocycles. The molecule has 0 saturated carbocycles. The predicted octanol–water partition coefficient (Wildman–Crippen LogP) is 5.55. The van der Waals surface area contributed by atoms with Gasteiger partial charge in [-0.25, -0.2) is 9.67 Å². The third-order valence-electron chi connectivity index (χ3n) is 9.39. The van der Waals surface area contributed by atoms with Crippen LogP contribution in [-0.4, -0.2) is 53.0 Å². The lowest BCUT2D eigenvalue weighted by Gasteiger charge is -2.30. The minimum atomic E-state index is -0.856. The SMILES string of the molecule is Cc1c2ccc3c1nnn3CCCCCCc1ccc3nc(n(C)c3c1)C(=O)N1CCc3ccc(cc3C1)C2CC(=O)O. The van der Waals surface area contributed by atoms with Crippen LogP contribution in [-0.2, 0) is 37.8 Å². The maximum atomic E-state index is 13.8. The summed E-state index contributed by atoms with van der Waals surface area (Å²) in [5.74, 6) is -0.837. The zero-order valence-corrected chi connectivity index (χ0v) is 24.7. The van der Waals surface area contributed by atoms with Crippen molar-refractivity contribution in [1.29, 1.82) is 0 Å². The van der Waals surface area contributed by atoms with Gasteiger partial charge in [-0.1, -0.05) is 48.4 Å². The lowest BCUT2D eigenvalue weighted by molar-refractivity contribution is -0.137. The fourth-order valence-corrected chi connectivity index (χ4v) is 6.94. The first-order valence-electron chi connectivity index (χ1n) is 15.3. The van der Waals surface area contributed by atoms with E-state index in [1.54, 1.807) is 0 Å². The van der Waals surface area contributed by atoms with Crippen molar-refractivity contribution < 1.29 is 14.7 Å². The average molecular weight is 577 g/mol. The fourth-order valence-electron chi connectivity index (χ4n) is 6.94. The van der Waals surface area contributed by atoms with Crippen molar-refractivity contribution in [1.82, 2.24) is 29.4 Å². The standard InChI is InChI=1S/C34H36N6O3/c1-21-26-11-13-29-32(21)36-37-40(29)15-6-4-3-5-7-22-8-12-28-30(17-22)38(2)33(35-28)34(43)39-16-14-23-9-10-24(18-25(23)20-39)27(26)19-31(41)42/h8-13,17-18,27H,3-7,14-16,19-20H2,1-2H3,(H,41,42). The van der Waals surface area contributed by atoms with Crippen LogP contribution in [0.3, 0.4) is 0 Å². The number of carbonyl (C=O) groups is 2. The number of nitrogens with zero attached hydrogens (tertiary/aromatic N) is 6. The van der Waals surface area contributed by atoms with E-state index in [0.29, 0.717) is 18.9 Å². The molecule has 220 valence electrons. The average Bonchev–Trinajstić information content (AvgIpc) is 3.57. The van der Waals surface area contributed by atoms with Gasteiger partial charge in [-0.05, 0) is 84.2 Å². The zero-order valence-electron chi connectivity index (χ0n) is 24.7. The van der Waals surface area contributed by atoms with Crippen LogP contribution in [0.4, 0.5) is 0 Å². The molecule has 43 heavy (non-hydrogen) atoms. The van der Waals surface area contributed by atoms with Gasteiger partial charge in [0, 0.05) is 32.6 Å². The van der Waals surface area contributed by atoms with Crippen LogP contribution in [0.1, 0.15) is 82.0 Å². The molecule has 3 aliphatic rings. The maximum absolute atomic E-state index is 13.8. The number of fused-ring (bicyclic) bond motifs is 6. The molecule has 8 rings (SSSR count). The molecule has 1 amide bonds. The van der Waals surface area contributed by atoms with Gasteiger partial charge in [-0.2, -0.15) is 0 Å². The van der Waals surface area contributed by atoms with E-state index in [2.05, 4.69) is 40.6 Å². The minimum Gasteiger partial charge on any atom is -0.481 e. The second-order valence-corrected chi connectivity index (χ2v) is 12.1. The van der Waals surface area contributed by atoms with Crippen molar-refractivity contribution in [2.24, 2.45) is 7.05 Å². The summed E-state index contributed by atoms with van der Waals surface area (Å²) in [4.78, 5) is 32.5. The fraction of sp³-hybridized carbons (Fsp3) is 0.382. The summed E-state index contributed by atoms with van der Waals surface area (Å²) in [7, 11) is 1.93. The lowest BCUT2D eigenvalue weighted by Crippen LogP contribution is -2.37. The molecule has 1 N–H and O–H groups in total. The van der Waals surface area contributed by atoms with Gasteiger partial charge in [0.05, 0.1) is 23.0 Å². The molecule has 3 aliphatic heterocycles. The summed E-state index contributed by atoms with van der Waals surface area (Å²) in [6.07, 6.45) is 6.02. The third kappa shape index (κ3) is 4.96. The molecule has 9 heteroatoms. The number of carboxylic acid groups (broad SMARTS) is 1. The molecular formula is C34H36N6O3. The van der Waals surface area contributed by atoms with Crippen LogP contribution >= 0.6 is 0 Å². The van der Waals surface area contributed by atoms with E-state index in [1.807, 2.05) is 46.3 Å². The second-order valence-electron chi connectivity index (χ2n) is 12.1. The van der Waals surface area contributed by atoms with E-state index < -0.39 is 5.97 Å². The molecular weight excluding hydrogens is 540 g/mol. The van der Waals surface area contributed by atoms with Crippen LogP contribution < -0.4 is 0 Å². The number of hydrogen-bond acceptors (Lipinski definition) is 5. The van der Waals surface area contributed by atoms with Crippen molar-refractivity contribution in [3.63, 3.8) is 0 Å². The van der Waals surface area contributed by atoms with Gasteiger partial charge in [0.25, 0.3) is 5.91 Å². The molecule has 9 nitrogen and oxygen atoms in total. The maximum Gasteiger partial charge on any atom is 0.304 e. The Morgan fingerprint density at radius 1 is 0.953 bits per heavy atom. The van der Waals surface area contributed by atoms with Crippen molar-refractivity contribution in [3.8, 4) is 0 Å². The number of rotatable bonds is 2. The van der Waals surface area contributed by atoms with Crippen LogP contribution in [0.2, 0.25) is 0 Å². The Kier molecular flexibility index (Phi) is 6.95. The van der Waals surface area contributed by atoms with Crippen molar-refractivity contribution >= 4 is 33.9 Å². The van der Waals surface area contributed by atoms with Gasteiger partial charge in [-0.15, -0.1) is 5.10 Å². The van der Waals surface area contributed by atoms with Gasteiger partial charge in [-0.3, -0.25) is 9.59 Å². The highest BCUT2D eigenvalue weighted by molar-refractivity contribution is 5.95. The largest absolute Gasteiger partial charge is 0.481 e. The minimum absolute atomic E-state index is 0.0379. The molecule has 0 radical (unpaired) electrons. The second kappa shape index (κ2) is 10.9.